The lowest BCUT2D eigenvalue weighted by atomic mass is 9.82. The number of rotatable bonds is 3. The first kappa shape index (κ1) is 12.6. The number of nitrogens with zero attached hydrogens (tertiary/aromatic N) is 1. The molecule has 1 aliphatic rings. The van der Waals surface area contributed by atoms with Gasteiger partial charge in [0, 0.05) is 0 Å². The molecular formula is C15H18N2O. The molecule has 1 fully saturated rings. The molecule has 3 heteroatoms. The molecule has 1 N–H and O–H groups in total. The molecular weight excluding hydrogens is 224 g/mol. The Morgan fingerprint density at radius 2 is 1.89 bits per heavy atom. The standard InChI is InChI=1S/C15H18N2O/c16-12-15(9-5-2-6-10-15)17-14(18)11-13-7-3-1-4-8-13/h1,3-4,7-8H,2,5-6,9-11H2,(H,17,18). The molecule has 0 heterocycles. The maximum atomic E-state index is 12.0. The zero-order valence-electron chi connectivity index (χ0n) is 10.5. The molecule has 1 aromatic carbocycles. The van der Waals surface area contributed by atoms with Gasteiger partial charge in [-0.2, -0.15) is 5.26 Å². The van der Waals surface area contributed by atoms with Crippen molar-refractivity contribution in [1.82, 2.24) is 5.32 Å². The van der Waals surface area contributed by atoms with Crippen LogP contribution in [0.5, 0.6) is 0 Å². The first-order valence-electron chi connectivity index (χ1n) is 6.50. The lowest BCUT2D eigenvalue weighted by Crippen LogP contribution is -2.49. The van der Waals surface area contributed by atoms with Crippen LogP contribution in [-0.4, -0.2) is 11.4 Å². The number of amides is 1. The Hall–Kier alpha value is -1.82. The fraction of sp³-hybridized carbons (Fsp3) is 0.467. The van der Waals surface area contributed by atoms with Crippen molar-refractivity contribution >= 4 is 5.91 Å². The van der Waals surface area contributed by atoms with E-state index >= 15 is 0 Å². The van der Waals surface area contributed by atoms with Gasteiger partial charge in [0.2, 0.25) is 5.91 Å². The van der Waals surface area contributed by atoms with Crippen molar-refractivity contribution in [2.24, 2.45) is 0 Å². The van der Waals surface area contributed by atoms with Crippen LogP contribution in [0.15, 0.2) is 30.3 Å². The number of hydrogen-bond acceptors (Lipinski definition) is 2. The zero-order valence-corrected chi connectivity index (χ0v) is 10.5. The van der Waals surface area contributed by atoms with Crippen molar-refractivity contribution in [2.45, 2.75) is 44.1 Å². The highest BCUT2D eigenvalue weighted by Crippen LogP contribution is 2.27. The smallest absolute Gasteiger partial charge is 0.225 e. The van der Waals surface area contributed by atoms with Gasteiger partial charge in [0.05, 0.1) is 12.5 Å². The molecule has 3 nitrogen and oxygen atoms in total. The first-order valence-corrected chi connectivity index (χ1v) is 6.50. The summed E-state index contributed by atoms with van der Waals surface area (Å²) in [6.45, 7) is 0. The molecule has 2 rings (SSSR count). The number of carbonyl (C=O) groups excluding carboxylic acids is 1. The minimum absolute atomic E-state index is 0.0513. The SMILES string of the molecule is N#CC1(NC(=O)Cc2ccccc2)CCCCC1. The van der Waals surface area contributed by atoms with E-state index in [9.17, 15) is 10.1 Å². The van der Waals surface area contributed by atoms with Gasteiger partial charge in [0.15, 0.2) is 0 Å². The molecule has 1 amide bonds. The van der Waals surface area contributed by atoms with Crippen molar-refractivity contribution < 1.29 is 4.79 Å². The summed E-state index contributed by atoms with van der Waals surface area (Å²) in [5.41, 5.74) is 0.364. The van der Waals surface area contributed by atoms with E-state index in [1.165, 1.54) is 0 Å². The normalized spacial score (nSPS) is 17.7. The third-order valence-electron chi connectivity index (χ3n) is 3.51. The van der Waals surface area contributed by atoms with Crippen molar-refractivity contribution in [3.63, 3.8) is 0 Å². The summed E-state index contributed by atoms with van der Waals surface area (Å²) < 4.78 is 0. The fourth-order valence-corrected chi connectivity index (χ4v) is 2.51. The first-order chi connectivity index (χ1) is 8.74. The van der Waals surface area contributed by atoms with Crippen LogP contribution in [0.1, 0.15) is 37.7 Å². The summed E-state index contributed by atoms with van der Waals surface area (Å²) in [4.78, 5) is 12.0. The Kier molecular flexibility index (Phi) is 3.99. The minimum Gasteiger partial charge on any atom is -0.338 e. The van der Waals surface area contributed by atoms with Gasteiger partial charge in [-0.1, -0.05) is 49.6 Å². The van der Waals surface area contributed by atoms with Crippen LogP contribution in [0.25, 0.3) is 0 Å². The molecule has 1 saturated carbocycles. The maximum Gasteiger partial charge on any atom is 0.225 e. The average Bonchev–Trinajstić information content (AvgIpc) is 2.41. The predicted octanol–water partition coefficient (Wildman–Crippen LogP) is 2.57. The van der Waals surface area contributed by atoms with Gasteiger partial charge in [-0.25, -0.2) is 0 Å². The van der Waals surface area contributed by atoms with E-state index in [-0.39, 0.29) is 5.91 Å². The van der Waals surface area contributed by atoms with Gasteiger partial charge in [-0.15, -0.1) is 0 Å². The average molecular weight is 242 g/mol. The van der Waals surface area contributed by atoms with E-state index in [1.54, 1.807) is 0 Å². The largest absolute Gasteiger partial charge is 0.338 e. The molecule has 0 aliphatic heterocycles. The van der Waals surface area contributed by atoms with Crippen LogP contribution in [0.4, 0.5) is 0 Å². The highest BCUT2D eigenvalue weighted by atomic mass is 16.1. The lowest BCUT2D eigenvalue weighted by Gasteiger charge is -2.31. The fourth-order valence-electron chi connectivity index (χ4n) is 2.51. The second-order valence-electron chi connectivity index (χ2n) is 4.97. The summed E-state index contributed by atoms with van der Waals surface area (Å²) in [6.07, 6.45) is 5.13. The summed E-state index contributed by atoms with van der Waals surface area (Å²) in [7, 11) is 0. The van der Waals surface area contributed by atoms with E-state index in [4.69, 9.17) is 0 Å². The van der Waals surface area contributed by atoms with Crippen LogP contribution < -0.4 is 5.32 Å². The van der Waals surface area contributed by atoms with Crippen LogP contribution in [0.3, 0.4) is 0 Å². The minimum atomic E-state index is -0.621. The molecule has 0 aromatic heterocycles. The predicted molar refractivity (Wildman–Crippen MR) is 69.7 cm³/mol. The van der Waals surface area contributed by atoms with Crippen LogP contribution in [-0.2, 0) is 11.2 Å². The monoisotopic (exact) mass is 242 g/mol. The van der Waals surface area contributed by atoms with Crippen molar-refractivity contribution in [3.8, 4) is 6.07 Å². The molecule has 1 aromatic rings. The number of carbonyl (C=O) groups is 1. The summed E-state index contributed by atoms with van der Waals surface area (Å²) in [5.74, 6) is -0.0513. The Morgan fingerprint density at radius 1 is 1.22 bits per heavy atom. The molecule has 0 bridgehead atoms. The molecule has 0 spiro atoms. The Bertz CT molecular complexity index is 441. The Balaban J connectivity index is 1.96. The van der Waals surface area contributed by atoms with Gasteiger partial charge in [0.25, 0.3) is 0 Å². The van der Waals surface area contributed by atoms with Crippen molar-refractivity contribution in [3.05, 3.63) is 35.9 Å². The third kappa shape index (κ3) is 3.10. The van der Waals surface area contributed by atoms with Crippen LogP contribution in [0, 0.1) is 11.3 Å². The Labute approximate surface area is 108 Å². The summed E-state index contributed by atoms with van der Waals surface area (Å²) >= 11 is 0. The van der Waals surface area contributed by atoms with E-state index in [0.29, 0.717) is 6.42 Å². The van der Waals surface area contributed by atoms with Gasteiger partial charge < -0.3 is 5.32 Å². The molecule has 94 valence electrons. The lowest BCUT2D eigenvalue weighted by molar-refractivity contribution is -0.122. The van der Waals surface area contributed by atoms with Crippen molar-refractivity contribution in [2.75, 3.05) is 0 Å². The van der Waals surface area contributed by atoms with Crippen molar-refractivity contribution in [1.29, 1.82) is 5.26 Å². The molecule has 0 saturated heterocycles. The van der Waals surface area contributed by atoms with E-state index < -0.39 is 5.54 Å². The second-order valence-corrected chi connectivity index (χ2v) is 4.97. The van der Waals surface area contributed by atoms with Gasteiger partial charge in [-0.3, -0.25) is 4.79 Å². The highest BCUT2D eigenvalue weighted by molar-refractivity contribution is 5.79. The maximum absolute atomic E-state index is 12.0. The van der Waals surface area contributed by atoms with E-state index in [1.807, 2.05) is 30.3 Å². The highest BCUT2D eigenvalue weighted by Gasteiger charge is 2.33. The second kappa shape index (κ2) is 5.68. The molecule has 0 unspecified atom stereocenters. The van der Waals surface area contributed by atoms with E-state index in [2.05, 4.69) is 11.4 Å². The zero-order chi connectivity index (χ0) is 12.8. The number of hydrogen-bond donors (Lipinski definition) is 1. The van der Waals surface area contributed by atoms with E-state index in [0.717, 1.165) is 37.7 Å². The van der Waals surface area contributed by atoms with Crippen LogP contribution >= 0.6 is 0 Å². The molecule has 1 aliphatic carbocycles. The topological polar surface area (TPSA) is 52.9 Å². The quantitative estimate of drug-likeness (QED) is 0.885. The van der Waals surface area contributed by atoms with Gasteiger partial charge in [0.1, 0.15) is 5.54 Å². The molecule has 0 radical (unpaired) electrons. The van der Waals surface area contributed by atoms with Gasteiger partial charge >= 0.3 is 0 Å². The number of benzene rings is 1. The molecule has 18 heavy (non-hydrogen) atoms. The number of nitrogens with one attached hydrogen (secondary N) is 1. The van der Waals surface area contributed by atoms with Gasteiger partial charge in [-0.05, 0) is 18.4 Å². The third-order valence-corrected chi connectivity index (χ3v) is 3.51. The summed E-state index contributed by atoms with van der Waals surface area (Å²) in [6, 6.07) is 11.9. The summed E-state index contributed by atoms with van der Waals surface area (Å²) in [5, 5.41) is 12.2. The number of nitriles is 1. The van der Waals surface area contributed by atoms with Crippen LogP contribution in [0.2, 0.25) is 0 Å². The molecule has 0 atom stereocenters. The Morgan fingerprint density at radius 3 is 2.50 bits per heavy atom.